The maximum absolute atomic E-state index is 6.36. The Morgan fingerprint density at radius 3 is 2.43 bits per heavy atom. The fraction of sp³-hybridized carbons (Fsp3) is 0.111. The van der Waals surface area contributed by atoms with Crippen LogP contribution in [0.3, 0.4) is 0 Å². The van der Waals surface area contributed by atoms with E-state index in [1.54, 1.807) is 7.11 Å². The molecule has 3 aromatic rings. The Labute approximate surface area is 129 Å². The van der Waals surface area contributed by atoms with E-state index in [2.05, 4.69) is 12.1 Å². The topological polar surface area (TPSA) is 35.2 Å². The molecule has 0 saturated carbocycles. The molecular weight excluding hydrogens is 282 g/mol. The van der Waals surface area contributed by atoms with Gasteiger partial charge in [0.15, 0.2) is 0 Å². The van der Waals surface area contributed by atoms with Crippen LogP contribution in [0.25, 0.3) is 10.8 Å². The van der Waals surface area contributed by atoms with Crippen LogP contribution in [-0.2, 0) is 0 Å². The summed E-state index contributed by atoms with van der Waals surface area (Å²) in [5.41, 5.74) is 8.33. The number of hydrogen-bond acceptors (Lipinski definition) is 2. The van der Waals surface area contributed by atoms with E-state index in [0.717, 1.165) is 27.6 Å². The van der Waals surface area contributed by atoms with Crippen molar-refractivity contribution >= 4 is 22.4 Å². The molecule has 0 heterocycles. The normalized spacial score (nSPS) is 12.3. The number of fused-ring (bicyclic) bond motifs is 1. The van der Waals surface area contributed by atoms with Crippen LogP contribution in [0.5, 0.6) is 5.75 Å². The zero-order valence-corrected chi connectivity index (χ0v) is 12.5. The summed E-state index contributed by atoms with van der Waals surface area (Å²) >= 11 is 6.23. The second-order valence-corrected chi connectivity index (χ2v) is 5.38. The molecule has 3 heteroatoms. The van der Waals surface area contributed by atoms with E-state index in [0.29, 0.717) is 5.02 Å². The highest BCUT2D eigenvalue weighted by atomic mass is 35.5. The summed E-state index contributed by atoms with van der Waals surface area (Å²) in [5.74, 6) is 0.852. The summed E-state index contributed by atoms with van der Waals surface area (Å²) in [6.07, 6.45) is 0. The van der Waals surface area contributed by atoms with Crippen LogP contribution in [0.15, 0.2) is 60.7 Å². The first-order valence-electron chi connectivity index (χ1n) is 6.77. The lowest BCUT2D eigenvalue weighted by molar-refractivity contribution is 0.415. The van der Waals surface area contributed by atoms with Crippen LogP contribution in [0.2, 0.25) is 5.02 Å². The van der Waals surface area contributed by atoms with Crippen LogP contribution >= 0.6 is 11.6 Å². The average molecular weight is 298 g/mol. The van der Waals surface area contributed by atoms with Crippen molar-refractivity contribution in [3.63, 3.8) is 0 Å². The smallest absolute Gasteiger partial charge is 0.119 e. The molecular formula is C18H16ClNO. The van der Waals surface area contributed by atoms with Gasteiger partial charge in [0.05, 0.1) is 13.2 Å². The van der Waals surface area contributed by atoms with E-state index in [1.807, 2.05) is 48.5 Å². The second kappa shape index (κ2) is 5.76. The monoisotopic (exact) mass is 297 g/mol. The van der Waals surface area contributed by atoms with Crippen molar-refractivity contribution in [1.82, 2.24) is 0 Å². The number of halogens is 1. The van der Waals surface area contributed by atoms with Crippen molar-refractivity contribution in [3.8, 4) is 5.75 Å². The van der Waals surface area contributed by atoms with Crippen molar-refractivity contribution < 1.29 is 4.74 Å². The zero-order valence-electron chi connectivity index (χ0n) is 11.7. The third-order valence-corrected chi connectivity index (χ3v) is 4.02. The minimum atomic E-state index is -0.231. The van der Waals surface area contributed by atoms with E-state index in [-0.39, 0.29) is 6.04 Å². The maximum Gasteiger partial charge on any atom is 0.119 e. The van der Waals surface area contributed by atoms with Crippen LogP contribution < -0.4 is 10.5 Å². The Bertz CT molecular complexity index is 785. The molecule has 106 valence electrons. The van der Waals surface area contributed by atoms with E-state index in [9.17, 15) is 0 Å². The predicted molar refractivity (Wildman–Crippen MR) is 88.0 cm³/mol. The molecule has 1 atom stereocenters. The van der Waals surface area contributed by atoms with Crippen LogP contribution in [0, 0.1) is 0 Å². The van der Waals surface area contributed by atoms with Gasteiger partial charge in [0.1, 0.15) is 5.75 Å². The van der Waals surface area contributed by atoms with Gasteiger partial charge in [-0.05, 0) is 46.2 Å². The molecule has 0 fully saturated rings. The molecule has 0 bridgehead atoms. The molecule has 0 aliphatic rings. The third kappa shape index (κ3) is 2.73. The minimum Gasteiger partial charge on any atom is -0.497 e. The zero-order chi connectivity index (χ0) is 14.8. The Morgan fingerprint density at radius 1 is 0.952 bits per heavy atom. The van der Waals surface area contributed by atoms with Crippen molar-refractivity contribution in [3.05, 3.63) is 76.8 Å². The Kier molecular flexibility index (Phi) is 3.82. The highest BCUT2D eigenvalue weighted by Gasteiger charge is 2.12. The fourth-order valence-electron chi connectivity index (χ4n) is 2.47. The Morgan fingerprint density at radius 2 is 1.67 bits per heavy atom. The summed E-state index contributed by atoms with van der Waals surface area (Å²) in [6.45, 7) is 0. The Balaban J connectivity index is 2.03. The van der Waals surface area contributed by atoms with Gasteiger partial charge in [-0.2, -0.15) is 0 Å². The summed E-state index contributed by atoms with van der Waals surface area (Å²) in [7, 11) is 1.67. The van der Waals surface area contributed by atoms with Crippen molar-refractivity contribution in [1.29, 1.82) is 0 Å². The van der Waals surface area contributed by atoms with E-state index >= 15 is 0 Å². The summed E-state index contributed by atoms with van der Waals surface area (Å²) in [5, 5.41) is 2.96. The number of benzene rings is 3. The van der Waals surface area contributed by atoms with Gasteiger partial charge < -0.3 is 10.5 Å². The molecule has 0 radical (unpaired) electrons. The summed E-state index contributed by atoms with van der Waals surface area (Å²) in [4.78, 5) is 0. The molecule has 21 heavy (non-hydrogen) atoms. The molecule has 0 saturated heterocycles. The van der Waals surface area contributed by atoms with Crippen LogP contribution in [0.1, 0.15) is 17.2 Å². The lowest BCUT2D eigenvalue weighted by Gasteiger charge is -2.15. The molecule has 0 spiro atoms. The number of hydrogen-bond donors (Lipinski definition) is 1. The van der Waals surface area contributed by atoms with Crippen LogP contribution in [0.4, 0.5) is 0 Å². The lowest BCUT2D eigenvalue weighted by Crippen LogP contribution is -2.12. The first-order valence-corrected chi connectivity index (χ1v) is 7.14. The van der Waals surface area contributed by atoms with Gasteiger partial charge in [-0.3, -0.25) is 0 Å². The number of rotatable bonds is 3. The fourth-order valence-corrected chi connectivity index (χ4v) is 2.72. The average Bonchev–Trinajstić information content (AvgIpc) is 2.53. The molecule has 0 aromatic heterocycles. The van der Waals surface area contributed by atoms with Crippen molar-refractivity contribution in [2.24, 2.45) is 5.73 Å². The van der Waals surface area contributed by atoms with Gasteiger partial charge >= 0.3 is 0 Å². The molecule has 0 aliphatic heterocycles. The van der Waals surface area contributed by atoms with Gasteiger partial charge in [-0.25, -0.2) is 0 Å². The summed E-state index contributed by atoms with van der Waals surface area (Å²) < 4.78 is 5.24. The molecule has 2 nitrogen and oxygen atoms in total. The Hall–Kier alpha value is -2.03. The number of nitrogens with two attached hydrogens (primary N) is 1. The number of methoxy groups -OCH3 is 1. The highest BCUT2D eigenvalue weighted by Crippen LogP contribution is 2.29. The number of ether oxygens (including phenoxy) is 1. The van der Waals surface area contributed by atoms with E-state index < -0.39 is 0 Å². The molecule has 3 rings (SSSR count). The van der Waals surface area contributed by atoms with Gasteiger partial charge in [0.25, 0.3) is 0 Å². The third-order valence-electron chi connectivity index (χ3n) is 3.67. The lowest BCUT2D eigenvalue weighted by atomic mass is 9.97. The van der Waals surface area contributed by atoms with Gasteiger partial charge in [-0.15, -0.1) is 0 Å². The maximum atomic E-state index is 6.36. The van der Waals surface area contributed by atoms with Gasteiger partial charge in [-0.1, -0.05) is 48.0 Å². The SMILES string of the molecule is COc1ccc2cc(C(N)c3ccccc3Cl)ccc2c1. The second-order valence-electron chi connectivity index (χ2n) is 4.97. The van der Waals surface area contributed by atoms with Crippen molar-refractivity contribution in [2.75, 3.05) is 7.11 Å². The van der Waals surface area contributed by atoms with Crippen molar-refractivity contribution in [2.45, 2.75) is 6.04 Å². The molecule has 1 unspecified atom stereocenters. The quantitative estimate of drug-likeness (QED) is 0.770. The molecule has 2 N–H and O–H groups in total. The van der Waals surface area contributed by atoms with Gasteiger partial charge in [0.2, 0.25) is 0 Å². The molecule has 0 amide bonds. The predicted octanol–water partition coefficient (Wildman–Crippen LogP) is 4.55. The van der Waals surface area contributed by atoms with E-state index in [1.165, 1.54) is 0 Å². The summed E-state index contributed by atoms with van der Waals surface area (Å²) in [6, 6.07) is 19.7. The van der Waals surface area contributed by atoms with E-state index in [4.69, 9.17) is 22.1 Å². The van der Waals surface area contributed by atoms with Gasteiger partial charge in [0, 0.05) is 5.02 Å². The largest absolute Gasteiger partial charge is 0.497 e. The highest BCUT2D eigenvalue weighted by molar-refractivity contribution is 6.31. The van der Waals surface area contributed by atoms with Crippen LogP contribution in [-0.4, -0.2) is 7.11 Å². The first kappa shape index (κ1) is 13.9. The minimum absolute atomic E-state index is 0.231. The molecule has 3 aromatic carbocycles. The first-order chi connectivity index (χ1) is 10.2. The standard InChI is InChI=1S/C18H16ClNO/c1-21-15-9-8-12-10-14(7-6-13(12)11-15)18(20)16-4-2-3-5-17(16)19/h2-11,18H,20H2,1H3. The molecule has 0 aliphatic carbocycles.